The van der Waals surface area contributed by atoms with Crippen LogP contribution in [0.2, 0.25) is 0 Å². The SMILES string of the molecule is O=S(=O)(NC1CCCc2cnccc21)c1ccc(O)cc1. The zero-order valence-electron chi connectivity index (χ0n) is 11.4. The van der Waals surface area contributed by atoms with E-state index in [1.54, 1.807) is 12.4 Å². The Morgan fingerprint density at radius 1 is 1.19 bits per heavy atom. The lowest BCUT2D eigenvalue weighted by atomic mass is 9.90. The van der Waals surface area contributed by atoms with Gasteiger partial charge >= 0.3 is 0 Å². The van der Waals surface area contributed by atoms with Crippen LogP contribution in [-0.2, 0) is 16.4 Å². The number of aromatic nitrogens is 1. The van der Waals surface area contributed by atoms with Crippen LogP contribution in [0.5, 0.6) is 5.75 Å². The van der Waals surface area contributed by atoms with E-state index in [9.17, 15) is 13.5 Å². The molecule has 1 aromatic heterocycles. The number of phenols is 1. The van der Waals surface area contributed by atoms with Crippen LogP contribution in [0.25, 0.3) is 0 Å². The first kappa shape index (κ1) is 14.0. The van der Waals surface area contributed by atoms with Crippen molar-refractivity contribution in [2.75, 3.05) is 0 Å². The third-order valence-corrected chi connectivity index (χ3v) is 5.19. The van der Waals surface area contributed by atoms with Crippen molar-refractivity contribution in [2.45, 2.75) is 30.2 Å². The maximum Gasteiger partial charge on any atom is 0.241 e. The van der Waals surface area contributed by atoms with Crippen molar-refractivity contribution in [3.05, 3.63) is 53.9 Å². The molecule has 0 fully saturated rings. The molecule has 0 bridgehead atoms. The highest BCUT2D eigenvalue weighted by atomic mass is 32.2. The number of phenolic OH excluding ortho intramolecular Hbond substituents is 1. The van der Waals surface area contributed by atoms with Gasteiger partial charge in [-0.3, -0.25) is 4.98 Å². The fourth-order valence-corrected chi connectivity index (χ4v) is 3.89. The van der Waals surface area contributed by atoms with Crippen LogP contribution in [0.4, 0.5) is 0 Å². The lowest BCUT2D eigenvalue weighted by molar-refractivity contribution is 0.474. The number of aromatic hydroxyl groups is 1. The van der Waals surface area contributed by atoms with E-state index < -0.39 is 10.0 Å². The van der Waals surface area contributed by atoms with Crippen LogP contribution in [0.1, 0.15) is 30.0 Å². The number of sulfonamides is 1. The highest BCUT2D eigenvalue weighted by Crippen LogP contribution is 2.30. The second kappa shape index (κ2) is 5.46. The van der Waals surface area contributed by atoms with E-state index in [-0.39, 0.29) is 16.7 Å². The lowest BCUT2D eigenvalue weighted by Gasteiger charge is -2.25. The molecule has 0 radical (unpaired) electrons. The third kappa shape index (κ3) is 2.91. The van der Waals surface area contributed by atoms with Gasteiger partial charge in [-0.15, -0.1) is 0 Å². The van der Waals surface area contributed by atoms with Gasteiger partial charge in [0.15, 0.2) is 0 Å². The van der Waals surface area contributed by atoms with Gasteiger partial charge in [-0.05, 0) is 60.7 Å². The molecule has 21 heavy (non-hydrogen) atoms. The van der Waals surface area contributed by atoms with Gasteiger partial charge < -0.3 is 5.11 Å². The van der Waals surface area contributed by atoms with E-state index in [0.29, 0.717) is 0 Å². The van der Waals surface area contributed by atoms with Crippen LogP contribution in [-0.4, -0.2) is 18.5 Å². The first-order valence-electron chi connectivity index (χ1n) is 6.80. The van der Waals surface area contributed by atoms with E-state index in [0.717, 1.165) is 30.4 Å². The number of nitrogens with zero attached hydrogens (tertiary/aromatic N) is 1. The van der Waals surface area contributed by atoms with Gasteiger partial charge in [0, 0.05) is 18.4 Å². The molecule has 110 valence electrons. The van der Waals surface area contributed by atoms with E-state index >= 15 is 0 Å². The largest absolute Gasteiger partial charge is 0.508 e. The molecule has 1 heterocycles. The Morgan fingerprint density at radius 2 is 1.95 bits per heavy atom. The molecule has 1 atom stereocenters. The maximum absolute atomic E-state index is 12.4. The van der Waals surface area contributed by atoms with Crippen molar-refractivity contribution in [3.8, 4) is 5.75 Å². The van der Waals surface area contributed by atoms with Gasteiger partial charge in [0.1, 0.15) is 5.75 Å². The molecule has 0 saturated heterocycles. The Hall–Kier alpha value is -1.92. The van der Waals surface area contributed by atoms with Crippen LogP contribution < -0.4 is 4.72 Å². The maximum atomic E-state index is 12.4. The molecule has 1 aliphatic rings. The van der Waals surface area contributed by atoms with Crippen molar-refractivity contribution in [3.63, 3.8) is 0 Å². The predicted octanol–water partition coefficient (Wildman–Crippen LogP) is 2.14. The number of aryl methyl sites for hydroxylation is 1. The molecule has 0 amide bonds. The molecule has 0 saturated carbocycles. The number of hydrogen-bond acceptors (Lipinski definition) is 4. The summed E-state index contributed by atoms with van der Waals surface area (Å²) in [6, 6.07) is 7.18. The first-order valence-corrected chi connectivity index (χ1v) is 8.29. The Balaban J connectivity index is 1.88. The molecule has 5 nitrogen and oxygen atoms in total. The summed E-state index contributed by atoms with van der Waals surface area (Å²) in [6.07, 6.45) is 6.12. The molecular formula is C15H16N2O3S. The van der Waals surface area contributed by atoms with E-state index in [4.69, 9.17) is 0 Å². The fraction of sp³-hybridized carbons (Fsp3) is 0.267. The smallest absolute Gasteiger partial charge is 0.241 e. The number of pyridine rings is 1. The molecule has 1 unspecified atom stereocenters. The molecule has 0 spiro atoms. The van der Waals surface area contributed by atoms with Gasteiger partial charge in [0.2, 0.25) is 10.0 Å². The van der Waals surface area contributed by atoms with Gasteiger partial charge in [-0.2, -0.15) is 0 Å². The van der Waals surface area contributed by atoms with Gasteiger partial charge in [0.25, 0.3) is 0 Å². The minimum atomic E-state index is -3.60. The summed E-state index contributed by atoms with van der Waals surface area (Å²) in [5, 5.41) is 9.25. The molecule has 1 aliphatic carbocycles. The average Bonchev–Trinajstić information content (AvgIpc) is 2.48. The molecule has 1 aromatic carbocycles. The predicted molar refractivity (Wildman–Crippen MR) is 78.3 cm³/mol. The molecule has 2 N–H and O–H groups in total. The standard InChI is InChI=1S/C15H16N2O3S/c18-12-4-6-13(7-5-12)21(19,20)17-15-3-1-2-11-10-16-9-8-14(11)15/h4-10,15,17-18H,1-3H2. The Labute approximate surface area is 123 Å². The summed E-state index contributed by atoms with van der Waals surface area (Å²) in [5.74, 6) is 0.0445. The van der Waals surface area contributed by atoms with Crippen LogP contribution in [0, 0.1) is 0 Å². The second-order valence-corrected chi connectivity index (χ2v) is 6.85. The number of fused-ring (bicyclic) bond motifs is 1. The highest BCUT2D eigenvalue weighted by Gasteiger charge is 2.25. The van der Waals surface area contributed by atoms with Crippen LogP contribution in [0.15, 0.2) is 47.6 Å². The summed E-state index contributed by atoms with van der Waals surface area (Å²) < 4.78 is 27.6. The van der Waals surface area contributed by atoms with Crippen LogP contribution >= 0.6 is 0 Å². The van der Waals surface area contributed by atoms with Gasteiger partial charge in [-0.1, -0.05) is 0 Å². The third-order valence-electron chi connectivity index (χ3n) is 3.70. The van der Waals surface area contributed by atoms with Crippen molar-refractivity contribution in [1.82, 2.24) is 9.71 Å². The summed E-state index contributed by atoms with van der Waals surface area (Å²) in [7, 11) is -3.60. The van der Waals surface area contributed by atoms with E-state index in [2.05, 4.69) is 9.71 Å². The molecule has 2 aromatic rings. The Kier molecular flexibility index (Phi) is 3.65. The zero-order valence-corrected chi connectivity index (χ0v) is 12.2. The molecule has 0 aliphatic heterocycles. The van der Waals surface area contributed by atoms with Crippen LogP contribution in [0.3, 0.4) is 0 Å². The molecule has 3 rings (SSSR count). The van der Waals surface area contributed by atoms with E-state index in [1.807, 2.05) is 6.07 Å². The zero-order chi connectivity index (χ0) is 14.9. The lowest BCUT2D eigenvalue weighted by Crippen LogP contribution is -2.31. The monoisotopic (exact) mass is 304 g/mol. The van der Waals surface area contributed by atoms with Crippen molar-refractivity contribution >= 4 is 10.0 Å². The minimum absolute atomic E-state index is 0.0445. The number of hydrogen-bond donors (Lipinski definition) is 2. The summed E-state index contributed by atoms with van der Waals surface area (Å²) >= 11 is 0. The quantitative estimate of drug-likeness (QED) is 0.910. The minimum Gasteiger partial charge on any atom is -0.508 e. The van der Waals surface area contributed by atoms with Gasteiger partial charge in [0.05, 0.1) is 4.90 Å². The topological polar surface area (TPSA) is 79.3 Å². The second-order valence-electron chi connectivity index (χ2n) is 5.13. The number of rotatable bonds is 3. The summed E-state index contributed by atoms with van der Waals surface area (Å²) in [4.78, 5) is 4.25. The van der Waals surface area contributed by atoms with Crippen molar-refractivity contribution in [2.24, 2.45) is 0 Å². The average molecular weight is 304 g/mol. The van der Waals surface area contributed by atoms with Crippen molar-refractivity contribution in [1.29, 1.82) is 0 Å². The fourth-order valence-electron chi connectivity index (χ4n) is 2.64. The Morgan fingerprint density at radius 3 is 2.71 bits per heavy atom. The summed E-state index contributed by atoms with van der Waals surface area (Å²) in [5.41, 5.74) is 2.10. The van der Waals surface area contributed by atoms with E-state index in [1.165, 1.54) is 24.3 Å². The Bertz CT molecular complexity index is 742. The normalized spacial score (nSPS) is 18.2. The molecular weight excluding hydrogens is 288 g/mol. The first-order chi connectivity index (χ1) is 10.1. The summed E-state index contributed by atoms with van der Waals surface area (Å²) in [6.45, 7) is 0. The molecule has 6 heteroatoms. The highest BCUT2D eigenvalue weighted by molar-refractivity contribution is 7.89. The van der Waals surface area contributed by atoms with Gasteiger partial charge in [-0.25, -0.2) is 13.1 Å². The number of nitrogens with one attached hydrogen (secondary N) is 1. The number of benzene rings is 1. The van der Waals surface area contributed by atoms with Crippen molar-refractivity contribution < 1.29 is 13.5 Å².